The van der Waals surface area contributed by atoms with Crippen molar-refractivity contribution in [3.05, 3.63) is 35.4 Å². The van der Waals surface area contributed by atoms with Gasteiger partial charge < -0.3 is 5.32 Å². The van der Waals surface area contributed by atoms with Gasteiger partial charge in [0.25, 0.3) is 0 Å². The third kappa shape index (κ3) is 4.63. The number of carbonyl (C=O) groups is 1. The van der Waals surface area contributed by atoms with E-state index in [2.05, 4.69) is 36.5 Å². The van der Waals surface area contributed by atoms with Crippen LogP contribution in [0.4, 0.5) is 0 Å². The highest BCUT2D eigenvalue weighted by Gasteiger charge is 1.95. The second-order valence-electron chi connectivity index (χ2n) is 3.70. The van der Waals surface area contributed by atoms with E-state index < -0.39 is 0 Å². The van der Waals surface area contributed by atoms with Crippen molar-refractivity contribution in [3.8, 4) is 0 Å². The first-order chi connectivity index (χ1) is 7.36. The number of carbonyl (C=O) groups excluding carboxylic acids is 1. The van der Waals surface area contributed by atoms with Crippen LogP contribution in [0.3, 0.4) is 0 Å². The molecule has 82 valence electrons. The predicted molar refractivity (Wildman–Crippen MR) is 62.8 cm³/mol. The Morgan fingerprint density at radius 2 is 2.07 bits per heavy atom. The molecule has 0 spiro atoms. The van der Waals surface area contributed by atoms with Gasteiger partial charge in [-0.1, -0.05) is 31.2 Å². The Morgan fingerprint density at radius 3 is 2.80 bits per heavy atom. The summed E-state index contributed by atoms with van der Waals surface area (Å²) in [5, 5.41) is 2.68. The van der Waals surface area contributed by atoms with E-state index in [-0.39, 0.29) is 0 Å². The smallest absolute Gasteiger partial charge is 0.207 e. The molecule has 0 heterocycles. The van der Waals surface area contributed by atoms with Crippen LogP contribution in [0.2, 0.25) is 0 Å². The maximum Gasteiger partial charge on any atom is 0.207 e. The maximum atomic E-state index is 10.0. The van der Waals surface area contributed by atoms with Gasteiger partial charge in [-0.2, -0.15) is 0 Å². The second kappa shape index (κ2) is 7.04. The summed E-state index contributed by atoms with van der Waals surface area (Å²) in [5.41, 5.74) is 2.80. The predicted octanol–water partition coefficient (Wildman–Crippen LogP) is 2.32. The van der Waals surface area contributed by atoms with Gasteiger partial charge in [0.05, 0.1) is 0 Å². The summed E-state index contributed by atoms with van der Waals surface area (Å²) in [7, 11) is 0. The minimum atomic E-state index is 0.762. The largest absolute Gasteiger partial charge is 0.359 e. The van der Waals surface area contributed by atoms with Gasteiger partial charge in [-0.15, -0.1) is 0 Å². The molecule has 1 amide bonds. The fourth-order valence-electron chi connectivity index (χ4n) is 1.62. The molecule has 1 aromatic rings. The summed E-state index contributed by atoms with van der Waals surface area (Å²) in [6.07, 6.45) is 5.15. The van der Waals surface area contributed by atoms with E-state index in [9.17, 15) is 4.79 Å². The van der Waals surface area contributed by atoms with Crippen molar-refractivity contribution >= 4 is 6.41 Å². The third-order valence-electron chi connectivity index (χ3n) is 2.52. The Balaban J connectivity index is 2.27. The summed E-state index contributed by atoms with van der Waals surface area (Å²) >= 11 is 0. The third-order valence-corrected chi connectivity index (χ3v) is 2.52. The average Bonchev–Trinajstić information content (AvgIpc) is 2.29. The van der Waals surface area contributed by atoms with Crippen LogP contribution in [-0.4, -0.2) is 13.0 Å². The van der Waals surface area contributed by atoms with Crippen molar-refractivity contribution in [1.29, 1.82) is 0 Å². The van der Waals surface area contributed by atoms with E-state index in [0.29, 0.717) is 0 Å². The Morgan fingerprint density at radius 1 is 1.27 bits per heavy atom. The molecule has 0 unspecified atom stereocenters. The molecule has 2 nitrogen and oxygen atoms in total. The first-order valence-electron chi connectivity index (χ1n) is 5.61. The van der Waals surface area contributed by atoms with Crippen molar-refractivity contribution < 1.29 is 4.79 Å². The van der Waals surface area contributed by atoms with Crippen LogP contribution in [0.15, 0.2) is 24.3 Å². The first kappa shape index (κ1) is 11.8. The molecule has 0 saturated carbocycles. The summed E-state index contributed by atoms with van der Waals surface area (Å²) in [5.74, 6) is 0. The van der Waals surface area contributed by atoms with Gasteiger partial charge in [-0.25, -0.2) is 0 Å². The van der Waals surface area contributed by atoms with E-state index in [1.165, 1.54) is 11.1 Å². The number of amides is 1. The Hall–Kier alpha value is -1.31. The number of hydrogen-bond donors (Lipinski definition) is 1. The van der Waals surface area contributed by atoms with Gasteiger partial charge in [0.15, 0.2) is 0 Å². The molecule has 1 N–H and O–H groups in total. The van der Waals surface area contributed by atoms with E-state index in [0.717, 1.165) is 38.6 Å². The number of hydrogen-bond acceptors (Lipinski definition) is 1. The van der Waals surface area contributed by atoms with Crippen LogP contribution in [0.25, 0.3) is 0 Å². The fourth-order valence-corrected chi connectivity index (χ4v) is 1.62. The zero-order valence-corrected chi connectivity index (χ0v) is 9.33. The van der Waals surface area contributed by atoms with Crippen molar-refractivity contribution in [2.75, 3.05) is 6.54 Å². The van der Waals surface area contributed by atoms with Crippen molar-refractivity contribution in [2.45, 2.75) is 32.6 Å². The van der Waals surface area contributed by atoms with Crippen LogP contribution in [0, 0.1) is 0 Å². The number of nitrogens with one attached hydrogen (secondary N) is 1. The van der Waals surface area contributed by atoms with E-state index in [1.54, 1.807) is 0 Å². The molecule has 0 atom stereocenters. The summed E-state index contributed by atoms with van der Waals surface area (Å²) in [4.78, 5) is 10.0. The van der Waals surface area contributed by atoms with E-state index in [1.807, 2.05) is 0 Å². The number of unbranched alkanes of at least 4 members (excludes halogenated alkanes) is 1. The molecule has 0 aliphatic heterocycles. The Labute approximate surface area is 91.7 Å². The van der Waals surface area contributed by atoms with Gasteiger partial charge in [0.2, 0.25) is 6.41 Å². The van der Waals surface area contributed by atoms with Gasteiger partial charge in [0.1, 0.15) is 0 Å². The monoisotopic (exact) mass is 205 g/mol. The molecule has 0 aromatic heterocycles. The molecule has 1 rings (SSSR count). The van der Waals surface area contributed by atoms with Gasteiger partial charge >= 0.3 is 0 Å². The van der Waals surface area contributed by atoms with Crippen LogP contribution in [-0.2, 0) is 17.6 Å². The van der Waals surface area contributed by atoms with Crippen molar-refractivity contribution in [1.82, 2.24) is 5.32 Å². The highest BCUT2D eigenvalue weighted by molar-refractivity contribution is 5.45. The molecular weight excluding hydrogens is 186 g/mol. The molecule has 1 aromatic carbocycles. The number of rotatable bonds is 7. The fraction of sp³-hybridized carbons (Fsp3) is 0.462. The summed E-state index contributed by atoms with van der Waals surface area (Å²) < 4.78 is 0. The van der Waals surface area contributed by atoms with E-state index >= 15 is 0 Å². The molecule has 0 bridgehead atoms. The molecule has 0 aliphatic carbocycles. The lowest BCUT2D eigenvalue weighted by Crippen LogP contribution is -2.11. The van der Waals surface area contributed by atoms with Gasteiger partial charge in [-0.05, 0) is 36.8 Å². The lowest BCUT2D eigenvalue weighted by Gasteiger charge is -2.03. The number of aryl methyl sites for hydroxylation is 2. The molecule has 0 fully saturated rings. The minimum Gasteiger partial charge on any atom is -0.359 e. The van der Waals surface area contributed by atoms with E-state index in [4.69, 9.17) is 0 Å². The maximum absolute atomic E-state index is 10.0. The molecule has 0 radical (unpaired) electrons. The molecule has 0 aliphatic rings. The quantitative estimate of drug-likeness (QED) is 0.537. The lowest BCUT2D eigenvalue weighted by molar-refractivity contribution is -0.109. The lowest BCUT2D eigenvalue weighted by atomic mass is 10.0. The van der Waals surface area contributed by atoms with Crippen LogP contribution in [0.5, 0.6) is 0 Å². The minimum absolute atomic E-state index is 0.762. The first-order valence-corrected chi connectivity index (χ1v) is 5.61. The molecule has 15 heavy (non-hydrogen) atoms. The molecule has 0 saturated heterocycles. The normalized spacial score (nSPS) is 9.93. The van der Waals surface area contributed by atoms with Crippen LogP contribution >= 0.6 is 0 Å². The van der Waals surface area contributed by atoms with Gasteiger partial charge in [-0.3, -0.25) is 4.79 Å². The SMILES string of the molecule is CCc1cccc(CCCCNC=O)c1. The van der Waals surface area contributed by atoms with Crippen molar-refractivity contribution in [3.63, 3.8) is 0 Å². The summed E-state index contributed by atoms with van der Waals surface area (Å²) in [6.45, 7) is 2.96. The van der Waals surface area contributed by atoms with Gasteiger partial charge in [0, 0.05) is 6.54 Å². The van der Waals surface area contributed by atoms with Crippen LogP contribution < -0.4 is 5.32 Å². The zero-order chi connectivity index (χ0) is 10.9. The summed E-state index contributed by atoms with van der Waals surface area (Å²) in [6, 6.07) is 8.73. The topological polar surface area (TPSA) is 29.1 Å². The average molecular weight is 205 g/mol. The second-order valence-corrected chi connectivity index (χ2v) is 3.70. The highest BCUT2D eigenvalue weighted by atomic mass is 16.1. The van der Waals surface area contributed by atoms with Crippen LogP contribution in [0.1, 0.15) is 30.9 Å². The zero-order valence-electron chi connectivity index (χ0n) is 9.33. The standard InChI is InChI=1S/C13H19NO/c1-2-12-7-5-8-13(10-12)6-3-4-9-14-11-15/h5,7-8,10-11H,2-4,6,9H2,1H3,(H,14,15). The van der Waals surface area contributed by atoms with Crippen molar-refractivity contribution in [2.24, 2.45) is 0 Å². The Kier molecular flexibility index (Phi) is 5.52. The molecular formula is C13H19NO. The molecule has 2 heteroatoms. The highest BCUT2D eigenvalue weighted by Crippen LogP contribution is 2.08. The Bertz CT molecular complexity index is 296. The number of benzene rings is 1.